The van der Waals surface area contributed by atoms with E-state index in [1.54, 1.807) is 0 Å². The van der Waals surface area contributed by atoms with E-state index >= 15 is 0 Å². The van der Waals surface area contributed by atoms with Crippen LogP contribution in [0.15, 0.2) is 0 Å². The molecule has 2 heterocycles. The molecule has 2 saturated heterocycles. The van der Waals surface area contributed by atoms with E-state index in [1.165, 1.54) is 154 Å². The first kappa shape index (κ1) is 95.2. The Morgan fingerprint density at radius 1 is 0.369 bits per heavy atom. The molecule has 0 aromatic rings. The Morgan fingerprint density at radius 3 is 1.05 bits per heavy atom. The Balaban J connectivity index is 1.73. The van der Waals surface area contributed by atoms with Gasteiger partial charge in [0.1, 0.15) is 98.7 Å². The number of rotatable bonds is 63. The summed E-state index contributed by atoms with van der Waals surface area (Å²) < 4.78 is 65.4. The smallest absolute Gasteiger partial charge is 0.463 e. The number of ether oxygens (including phenoxy) is 7. The molecule has 2 aliphatic heterocycles. The van der Waals surface area contributed by atoms with Gasteiger partial charge in [-0.3, -0.25) is 23.4 Å². The summed E-state index contributed by atoms with van der Waals surface area (Å²) in [5.41, 5.74) is 0. The zero-order valence-corrected chi connectivity index (χ0v) is 65.3. The number of carbonyl (C=O) groups is 3. The summed E-state index contributed by atoms with van der Waals surface area (Å²) in [5.74, 6) is 0.0955. The summed E-state index contributed by atoms with van der Waals surface area (Å²) in [6.45, 7) is 10.5. The van der Waals surface area contributed by atoms with Crippen molar-refractivity contribution in [1.82, 2.24) is 0 Å². The van der Waals surface area contributed by atoms with Gasteiger partial charge in [-0.2, -0.15) is 0 Å². The van der Waals surface area contributed by atoms with Crippen molar-refractivity contribution in [2.45, 2.75) is 435 Å². The molecule has 3 fully saturated rings. The second-order valence-corrected chi connectivity index (χ2v) is 32.1. The minimum absolute atomic E-state index is 0.0302. The number of hydrogen-bond donors (Lipinski definition) is 11. The lowest BCUT2D eigenvalue weighted by molar-refractivity contribution is -0.360. The van der Waals surface area contributed by atoms with Crippen molar-refractivity contribution in [2.75, 3.05) is 26.4 Å². The summed E-state index contributed by atoms with van der Waals surface area (Å²) in [7, 11) is -5.70. The van der Waals surface area contributed by atoms with Crippen LogP contribution in [0.5, 0.6) is 0 Å². The van der Waals surface area contributed by atoms with Gasteiger partial charge in [0.15, 0.2) is 18.7 Å². The zero-order valence-electron chi connectivity index (χ0n) is 64.4. The quantitative estimate of drug-likeness (QED) is 0.0117. The normalized spacial score (nSPS) is 27.8. The Kier molecular flexibility index (Phi) is 52.7. The average molecular weight is 1500 g/mol. The van der Waals surface area contributed by atoms with Crippen molar-refractivity contribution in [3.05, 3.63) is 0 Å². The van der Waals surface area contributed by atoms with Crippen LogP contribution in [0.1, 0.15) is 330 Å². The van der Waals surface area contributed by atoms with Crippen LogP contribution >= 0.6 is 7.82 Å². The summed E-state index contributed by atoms with van der Waals surface area (Å²) in [5, 5.41) is 110. The van der Waals surface area contributed by atoms with Gasteiger partial charge in [-0.1, -0.05) is 292 Å². The molecule has 0 spiro atoms. The molecule has 0 aromatic heterocycles. The maximum Gasteiger partial charge on any atom is 0.472 e. The van der Waals surface area contributed by atoms with Crippen LogP contribution in [-0.4, -0.2) is 204 Å². The van der Waals surface area contributed by atoms with Crippen molar-refractivity contribution in [3.8, 4) is 0 Å². The van der Waals surface area contributed by atoms with Crippen molar-refractivity contribution >= 4 is 25.7 Å². The van der Waals surface area contributed by atoms with E-state index in [-0.39, 0.29) is 19.3 Å². The van der Waals surface area contributed by atoms with E-state index in [4.69, 9.17) is 42.2 Å². The van der Waals surface area contributed by atoms with Crippen molar-refractivity contribution in [1.29, 1.82) is 0 Å². The molecule has 21 atom stereocenters. The van der Waals surface area contributed by atoms with E-state index in [0.717, 1.165) is 96.3 Å². The highest BCUT2D eigenvalue weighted by Gasteiger charge is 2.58. The molecular formula is C78H147O24P. The molecule has 3 aliphatic rings. The topological polar surface area (TPSA) is 374 Å². The Morgan fingerprint density at radius 2 is 0.680 bits per heavy atom. The van der Waals surface area contributed by atoms with Gasteiger partial charge in [-0.15, -0.1) is 0 Å². The van der Waals surface area contributed by atoms with Crippen LogP contribution in [0.4, 0.5) is 0 Å². The molecule has 25 heteroatoms. The summed E-state index contributed by atoms with van der Waals surface area (Å²) in [6.07, 6.45) is 11.6. The number of unbranched alkanes of at least 4 members (excludes halogenated alkanes) is 30. The van der Waals surface area contributed by atoms with E-state index in [1.807, 2.05) is 0 Å². The van der Waals surface area contributed by atoms with Gasteiger partial charge in [0, 0.05) is 19.3 Å². The van der Waals surface area contributed by atoms with Crippen LogP contribution in [-0.2, 0) is 61.2 Å². The molecule has 11 N–H and O–H groups in total. The Bertz CT molecular complexity index is 2170. The number of aliphatic hydroxyl groups is 10. The van der Waals surface area contributed by atoms with E-state index < -0.39 is 156 Å². The molecule has 0 radical (unpaired) electrons. The number of phosphoric ester groups is 1. The lowest BCUT2D eigenvalue weighted by atomic mass is 9.84. The molecule has 1 aliphatic carbocycles. The lowest BCUT2D eigenvalue weighted by Crippen LogP contribution is -2.69. The molecular weight excluding hydrogens is 1350 g/mol. The molecule has 0 bridgehead atoms. The van der Waals surface area contributed by atoms with Crippen LogP contribution in [0.2, 0.25) is 0 Å². The third-order valence-electron chi connectivity index (χ3n) is 21.1. The second kappa shape index (κ2) is 57.1. The maximum atomic E-state index is 14.4. The number of hydrogen-bond acceptors (Lipinski definition) is 23. The molecule has 608 valence electrons. The minimum Gasteiger partial charge on any atom is -0.463 e. The largest absolute Gasteiger partial charge is 0.472 e. The highest BCUT2D eigenvalue weighted by atomic mass is 31.2. The maximum absolute atomic E-state index is 14.4. The van der Waals surface area contributed by atoms with Gasteiger partial charge in [-0.25, -0.2) is 4.57 Å². The summed E-state index contributed by atoms with van der Waals surface area (Å²) in [6, 6.07) is 0. The van der Waals surface area contributed by atoms with Crippen molar-refractivity contribution in [3.63, 3.8) is 0 Å². The Hall–Kier alpha value is -2.04. The molecule has 24 nitrogen and oxygen atoms in total. The van der Waals surface area contributed by atoms with Gasteiger partial charge in [0.05, 0.1) is 13.2 Å². The van der Waals surface area contributed by atoms with E-state index in [0.29, 0.717) is 37.0 Å². The standard InChI is InChI=1S/C78H147O24P/c1-7-10-13-16-25-34-43-56(4)46-37-28-19-22-31-40-49-62(80)94-53-59(97-64(82)51-42-33-24-21-30-39-48-58(6)45-36-27-18-15-12-9-3)54-96-103(92,93)102-76-74(100-77-72(90)67(85)65(83)60(52-79)98-77)70(88)69(87)71(89)75(76)101-78-73(91)68(86)66(84)61(99-78)55-95-63(81)50-41-32-23-20-29-38-47-57(5)44-35-26-17-14-11-8-2/h56-61,65-79,83-91H,7-55H2,1-6H3,(H,92,93). The van der Waals surface area contributed by atoms with Crippen molar-refractivity contribution < 1.29 is 117 Å². The minimum atomic E-state index is -5.70. The van der Waals surface area contributed by atoms with Gasteiger partial charge in [0.2, 0.25) is 0 Å². The van der Waals surface area contributed by atoms with Crippen LogP contribution in [0.25, 0.3) is 0 Å². The molecule has 0 amide bonds. The van der Waals surface area contributed by atoms with Crippen molar-refractivity contribution in [2.24, 2.45) is 17.8 Å². The van der Waals surface area contributed by atoms with Crippen LogP contribution in [0.3, 0.4) is 0 Å². The Labute approximate surface area is 619 Å². The fraction of sp³-hybridized carbons (Fsp3) is 0.962. The monoisotopic (exact) mass is 1500 g/mol. The first-order valence-corrected chi connectivity index (χ1v) is 42.5. The first-order valence-electron chi connectivity index (χ1n) is 41.0. The van der Waals surface area contributed by atoms with E-state index in [2.05, 4.69) is 41.5 Å². The fourth-order valence-electron chi connectivity index (χ4n) is 14.1. The molecule has 1 saturated carbocycles. The van der Waals surface area contributed by atoms with Gasteiger partial charge in [0.25, 0.3) is 0 Å². The summed E-state index contributed by atoms with van der Waals surface area (Å²) in [4.78, 5) is 51.3. The van der Waals surface area contributed by atoms with E-state index in [9.17, 15) is 74.9 Å². The lowest BCUT2D eigenvalue weighted by Gasteiger charge is -2.49. The molecule has 21 unspecified atom stereocenters. The van der Waals surface area contributed by atoms with Gasteiger partial charge >= 0.3 is 25.7 Å². The van der Waals surface area contributed by atoms with Gasteiger partial charge in [-0.05, 0) is 37.0 Å². The highest BCUT2D eigenvalue weighted by molar-refractivity contribution is 7.47. The highest BCUT2D eigenvalue weighted by Crippen LogP contribution is 2.49. The van der Waals surface area contributed by atoms with Crippen LogP contribution in [0, 0.1) is 17.8 Å². The van der Waals surface area contributed by atoms with Gasteiger partial charge < -0.3 is 89.1 Å². The third kappa shape index (κ3) is 40.5. The third-order valence-corrected chi connectivity index (χ3v) is 22.1. The molecule has 103 heavy (non-hydrogen) atoms. The first-order chi connectivity index (χ1) is 49.5. The predicted molar refractivity (Wildman–Crippen MR) is 393 cm³/mol. The fourth-order valence-corrected chi connectivity index (χ4v) is 15.1. The number of carbonyl (C=O) groups excluding carboxylic acids is 3. The summed E-state index contributed by atoms with van der Waals surface area (Å²) >= 11 is 0. The average Bonchev–Trinajstić information content (AvgIpc) is 0.763. The second-order valence-electron chi connectivity index (χ2n) is 30.7. The molecule has 0 aromatic carbocycles. The number of phosphoric acid groups is 1. The predicted octanol–water partition coefficient (Wildman–Crippen LogP) is 12.5. The zero-order chi connectivity index (χ0) is 75.8. The number of esters is 3. The SMILES string of the molecule is CCCCCCCCC(C)CCCCCCCCC(=O)OCC(COP(=O)(O)OC1C(OC2OC(CO)C(O)C(O)C2O)C(O)C(O)C(O)C1OC1OC(COC(=O)CCCCCCCCC(C)CCCCCCCC)C(O)C(O)C1O)OC(=O)CCCCCCCCC(C)CCCCCCCC. The van der Waals surface area contributed by atoms with Crippen LogP contribution < -0.4 is 0 Å². The number of aliphatic hydroxyl groups excluding tert-OH is 10. The molecule has 3 rings (SSSR count).